The normalized spacial score (nSPS) is 27.5. The molecule has 0 amide bonds. The van der Waals surface area contributed by atoms with Crippen LogP contribution >= 0.6 is 11.6 Å². The molecule has 1 nitrogen and oxygen atoms in total. The highest BCUT2D eigenvalue weighted by Crippen LogP contribution is 2.54. The first-order valence-corrected chi connectivity index (χ1v) is 8.59. The van der Waals surface area contributed by atoms with Crippen molar-refractivity contribution in [1.29, 1.82) is 0 Å². The minimum Gasteiger partial charge on any atom is -0.299 e. The molecule has 2 heteroatoms. The largest absolute Gasteiger partial charge is 0.299 e. The van der Waals surface area contributed by atoms with Crippen LogP contribution in [0.15, 0.2) is 42.5 Å². The molecule has 3 atom stereocenters. The molecule has 2 aromatic rings. The van der Waals surface area contributed by atoms with E-state index in [-0.39, 0.29) is 0 Å². The zero-order valence-corrected chi connectivity index (χ0v) is 14.0. The summed E-state index contributed by atoms with van der Waals surface area (Å²) in [6, 6.07) is 16.1. The first kappa shape index (κ1) is 14.3. The van der Waals surface area contributed by atoms with Crippen molar-refractivity contribution in [2.75, 3.05) is 13.6 Å². The smallest absolute Gasteiger partial charge is 0.0409 e. The van der Waals surface area contributed by atoms with Crippen LogP contribution in [-0.4, -0.2) is 18.5 Å². The Morgan fingerprint density at radius 1 is 1.05 bits per heavy atom. The van der Waals surface area contributed by atoms with Crippen molar-refractivity contribution in [3.8, 4) is 0 Å². The van der Waals surface area contributed by atoms with Gasteiger partial charge >= 0.3 is 0 Å². The van der Waals surface area contributed by atoms with Crippen LogP contribution in [0.5, 0.6) is 0 Å². The molecule has 0 saturated carbocycles. The van der Waals surface area contributed by atoms with Crippen molar-refractivity contribution in [2.45, 2.75) is 31.7 Å². The number of hydrogen-bond donors (Lipinski definition) is 0. The standard InChI is InChI=1S/C20H22ClN/c1-13-5-7-14(8-6-13)19-17-4-3-11-22(2)20(17)16-10-9-15(21)12-18(16)19/h5-10,12,17,19-20H,3-4,11H2,1-2H3. The highest BCUT2D eigenvalue weighted by Gasteiger charge is 2.44. The van der Waals surface area contributed by atoms with Gasteiger partial charge in [0, 0.05) is 17.0 Å². The van der Waals surface area contributed by atoms with Gasteiger partial charge in [0.25, 0.3) is 0 Å². The summed E-state index contributed by atoms with van der Waals surface area (Å²) >= 11 is 6.32. The van der Waals surface area contributed by atoms with E-state index < -0.39 is 0 Å². The Labute approximate surface area is 137 Å². The molecule has 0 aromatic heterocycles. The van der Waals surface area contributed by atoms with E-state index >= 15 is 0 Å². The molecule has 0 spiro atoms. The molecule has 1 aliphatic carbocycles. The molecule has 4 rings (SSSR count). The second-order valence-corrected chi connectivity index (χ2v) is 7.33. The summed E-state index contributed by atoms with van der Waals surface area (Å²) in [6.45, 7) is 3.35. The molecule has 1 heterocycles. The van der Waals surface area contributed by atoms with Crippen LogP contribution in [0.2, 0.25) is 5.02 Å². The molecule has 0 radical (unpaired) electrons. The van der Waals surface area contributed by atoms with Crippen molar-refractivity contribution in [2.24, 2.45) is 5.92 Å². The van der Waals surface area contributed by atoms with Crippen molar-refractivity contribution in [1.82, 2.24) is 4.90 Å². The lowest BCUT2D eigenvalue weighted by Gasteiger charge is -2.37. The molecule has 0 N–H and O–H groups in total. The maximum absolute atomic E-state index is 6.32. The summed E-state index contributed by atoms with van der Waals surface area (Å²) in [5, 5.41) is 0.858. The Hall–Kier alpha value is -1.31. The van der Waals surface area contributed by atoms with Crippen LogP contribution in [0.4, 0.5) is 0 Å². The Balaban J connectivity index is 1.86. The van der Waals surface area contributed by atoms with E-state index in [0.717, 1.165) is 5.02 Å². The van der Waals surface area contributed by atoms with Crippen molar-refractivity contribution in [3.63, 3.8) is 0 Å². The van der Waals surface area contributed by atoms with Gasteiger partial charge in [0.15, 0.2) is 0 Å². The Morgan fingerprint density at radius 3 is 2.59 bits per heavy atom. The van der Waals surface area contributed by atoms with E-state index in [9.17, 15) is 0 Å². The third-order valence-corrected chi connectivity index (χ3v) is 5.73. The monoisotopic (exact) mass is 311 g/mol. The van der Waals surface area contributed by atoms with E-state index in [1.165, 1.54) is 41.6 Å². The molecule has 1 fully saturated rings. The Morgan fingerprint density at radius 2 is 1.82 bits per heavy atom. The lowest BCUT2D eigenvalue weighted by molar-refractivity contribution is 0.127. The average Bonchev–Trinajstić information content (AvgIpc) is 2.83. The number of nitrogens with zero attached hydrogens (tertiary/aromatic N) is 1. The molecule has 1 aliphatic heterocycles. The fourth-order valence-corrected chi connectivity index (χ4v) is 4.71. The van der Waals surface area contributed by atoms with Crippen molar-refractivity contribution in [3.05, 3.63) is 69.7 Å². The fraction of sp³-hybridized carbons (Fsp3) is 0.400. The SMILES string of the molecule is Cc1ccc(C2c3cc(Cl)ccc3C3C2CCCN3C)cc1. The molecule has 22 heavy (non-hydrogen) atoms. The summed E-state index contributed by atoms with van der Waals surface area (Å²) in [6.07, 6.45) is 2.60. The summed E-state index contributed by atoms with van der Waals surface area (Å²) < 4.78 is 0. The summed E-state index contributed by atoms with van der Waals surface area (Å²) in [7, 11) is 2.27. The lowest BCUT2D eigenvalue weighted by atomic mass is 9.80. The van der Waals surface area contributed by atoms with Crippen LogP contribution < -0.4 is 0 Å². The van der Waals surface area contributed by atoms with Gasteiger partial charge in [-0.3, -0.25) is 4.90 Å². The van der Waals surface area contributed by atoms with E-state index in [1.807, 2.05) is 0 Å². The minimum absolute atomic E-state index is 0.488. The van der Waals surface area contributed by atoms with Gasteiger partial charge in [0.1, 0.15) is 0 Å². The molecule has 1 saturated heterocycles. The number of likely N-dealkylation sites (tertiary alicyclic amines) is 1. The average molecular weight is 312 g/mol. The molecule has 0 bridgehead atoms. The number of fused-ring (bicyclic) bond motifs is 3. The third kappa shape index (κ3) is 2.19. The summed E-state index contributed by atoms with van der Waals surface area (Å²) in [5.74, 6) is 1.16. The first-order chi connectivity index (χ1) is 10.6. The second kappa shape index (κ2) is 5.40. The molecule has 114 valence electrons. The van der Waals surface area contributed by atoms with Gasteiger partial charge in [-0.05, 0) is 68.1 Å². The van der Waals surface area contributed by atoms with Crippen LogP contribution in [0.1, 0.15) is 47.1 Å². The topological polar surface area (TPSA) is 3.24 Å². The Bertz CT molecular complexity index is 691. The van der Waals surface area contributed by atoms with Gasteiger partial charge in [0.2, 0.25) is 0 Å². The maximum atomic E-state index is 6.32. The number of benzene rings is 2. The van der Waals surface area contributed by atoms with E-state index in [2.05, 4.69) is 61.3 Å². The predicted octanol–water partition coefficient (Wildman–Crippen LogP) is 5.18. The number of aryl methyl sites for hydroxylation is 1. The molecular weight excluding hydrogens is 290 g/mol. The van der Waals surface area contributed by atoms with Crippen molar-refractivity contribution >= 4 is 11.6 Å². The highest BCUT2D eigenvalue weighted by molar-refractivity contribution is 6.30. The number of hydrogen-bond acceptors (Lipinski definition) is 1. The van der Waals surface area contributed by atoms with E-state index in [1.54, 1.807) is 0 Å². The van der Waals surface area contributed by atoms with E-state index in [0.29, 0.717) is 17.9 Å². The van der Waals surface area contributed by atoms with Gasteiger partial charge in [-0.2, -0.15) is 0 Å². The van der Waals surface area contributed by atoms with Crippen LogP contribution in [0.25, 0.3) is 0 Å². The lowest BCUT2D eigenvalue weighted by Crippen LogP contribution is -2.34. The first-order valence-electron chi connectivity index (χ1n) is 8.21. The second-order valence-electron chi connectivity index (χ2n) is 6.89. The fourth-order valence-electron chi connectivity index (χ4n) is 4.53. The third-order valence-electron chi connectivity index (χ3n) is 5.50. The molecule has 2 aromatic carbocycles. The van der Waals surface area contributed by atoms with Gasteiger partial charge in [0.05, 0.1) is 0 Å². The highest BCUT2D eigenvalue weighted by atomic mass is 35.5. The Kier molecular flexibility index (Phi) is 3.51. The van der Waals surface area contributed by atoms with Gasteiger partial charge < -0.3 is 0 Å². The summed E-state index contributed by atoms with van der Waals surface area (Å²) in [5.41, 5.74) is 5.70. The van der Waals surface area contributed by atoms with Gasteiger partial charge in [-0.25, -0.2) is 0 Å². The van der Waals surface area contributed by atoms with Crippen LogP contribution in [-0.2, 0) is 0 Å². The van der Waals surface area contributed by atoms with Gasteiger partial charge in [-0.1, -0.05) is 47.5 Å². The van der Waals surface area contributed by atoms with Crippen LogP contribution in [0.3, 0.4) is 0 Å². The number of piperidine rings is 1. The van der Waals surface area contributed by atoms with Crippen LogP contribution in [0, 0.1) is 12.8 Å². The van der Waals surface area contributed by atoms with Crippen molar-refractivity contribution < 1.29 is 0 Å². The number of rotatable bonds is 1. The van der Waals surface area contributed by atoms with E-state index in [4.69, 9.17) is 11.6 Å². The predicted molar refractivity (Wildman–Crippen MR) is 92.6 cm³/mol. The molecular formula is C20H22ClN. The minimum atomic E-state index is 0.488. The molecule has 3 unspecified atom stereocenters. The van der Waals surface area contributed by atoms with Gasteiger partial charge in [-0.15, -0.1) is 0 Å². The molecule has 2 aliphatic rings. The maximum Gasteiger partial charge on any atom is 0.0409 e. The number of halogens is 1. The zero-order valence-electron chi connectivity index (χ0n) is 13.2. The summed E-state index contributed by atoms with van der Waals surface area (Å²) in [4.78, 5) is 2.54. The zero-order chi connectivity index (χ0) is 15.3. The quantitative estimate of drug-likeness (QED) is 0.701.